The molecule has 1 aliphatic heterocycles. The number of amides is 1. The highest BCUT2D eigenvalue weighted by atomic mass is 16.6. The van der Waals surface area contributed by atoms with Crippen LogP contribution in [0.15, 0.2) is 0 Å². The van der Waals surface area contributed by atoms with Crippen LogP contribution in [0.1, 0.15) is 19.8 Å². The van der Waals surface area contributed by atoms with Crippen molar-refractivity contribution in [3.63, 3.8) is 0 Å². The van der Waals surface area contributed by atoms with Gasteiger partial charge in [-0.2, -0.15) is 0 Å². The third-order valence-electron chi connectivity index (χ3n) is 2.38. The number of hydrogen-bond donors (Lipinski definition) is 2. The summed E-state index contributed by atoms with van der Waals surface area (Å²) in [5.41, 5.74) is 5.55. The maximum atomic E-state index is 11.7. The number of hydrogen-bond acceptors (Lipinski definition) is 4. The predicted molar refractivity (Wildman–Crippen MR) is 56.5 cm³/mol. The van der Waals surface area contributed by atoms with E-state index in [0.29, 0.717) is 26.4 Å². The van der Waals surface area contributed by atoms with Gasteiger partial charge in [0, 0.05) is 12.6 Å². The van der Waals surface area contributed by atoms with Crippen molar-refractivity contribution < 1.29 is 14.3 Å². The Balaban J connectivity index is 2.31. The van der Waals surface area contributed by atoms with Gasteiger partial charge in [0.2, 0.25) is 0 Å². The van der Waals surface area contributed by atoms with E-state index >= 15 is 0 Å². The van der Waals surface area contributed by atoms with Gasteiger partial charge in [0.1, 0.15) is 0 Å². The highest BCUT2D eigenvalue weighted by Gasteiger charge is 2.24. The van der Waals surface area contributed by atoms with Crippen LogP contribution < -0.4 is 11.1 Å². The first-order valence-corrected chi connectivity index (χ1v) is 5.47. The maximum absolute atomic E-state index is 11.7. The molecule has 1 fully saturated rings. The number of carbonyl (C=O) groups excluding carboxylic acids is 1. The van der Waals surface area contributed by atoms with Gasteiger partial charge in [0.25, 0.3) is 5.91 Å². The normalized spacial score (nSPS) is 23.5. The molecule has 1 heterocycles. The monoisotopic (exact) mass is 216 g/mol. The highest BCUT2D eigenvalue weighted by Crippen LogP contribution is 2.02. The molecule has 0 aromatic carbocycles. The number of ether oxygens (including phenoxy) is 2. The molecule has 1 rings (SSSR count). The summed E-state index contributed by atoms with van der Waals surface area (Å²) in [6.07, 6.45) is 1.43. The van der Waals surface area contributed by atoms with Crippen molar-refractivity contribution >= 4 is 5.91 Å². The molecular weight excluding hydrogens is 196 g/mol. The Hall–Kier alpha value is -0.650. The number of nitrogens with one attached hydrogen (secondary N) is 1. The molecule has 0 spiro atoms. The minimum absolute atomic E-state index is 0.0491. The lowest BCUT2D eigenvalue weighted by atomic mass is 10.1. The molecule has 0 aliphatic carbocycles. The number of carbonyl (C=O) groups is 1. The molecule has 0 radical (unpaired) electrons. The molecule has 88 valence electrons. The molecule has 1 saturated heterocycles. The molecule has 2 atom stereocenters. The van der Waals surface area contributed by atoms with E-state index in [4.69, 9.17) is 15.2 Å². The van der Waals surface area contributed by atoms with Crippen LogP contribution in [0, 0.1) is 0 Å². The summed E-state index contributed by atoms with van der Waals surface area (Å²) in [7, 11) is 0. The van der Waals surface area contributed by atoms with Crippen molar-refractivity contribution in [2.75, 3.05) is 26.4 Å². The Labute approximate surface area is 90.3 Å². The Morgan fingerprint density at radius 3 is 2.93 bits per heavy atom. The minimum Gasteiger partial charge on any atom is -0.376 e. The summed E-state index contributed by atoms with van der Waals surface area (Å²) in [5.74, 6) is -0.112. The van der Waals surface area contributed by atoms with E-state index in [1.54, 1.807) is 0 Å². The Kier molecular flexibility index (Phi) is 5.60. The number of nitrogens with two attached hydrogens (primary N) is 1. The summed E-state index contributed by atoms with van der Waals surface area (Å²) in [6.45, 7) is 3.93. The molecule has 2 unspecified atom stereocenters. The SMILES string of the molecule is CCCC(CN)NC(=O)C1COCCO1. The van der Waals surface area contributed by atoms with Crippen molar-refractivity contribution in [3.05, 3.63) is 0 Å². The van der Waals surface area contributed by atoms with E-state index in [9.17, 15) is 4.79 Å². The van der Waals surface area contributed by atoms with Gasteiger partial charge in [-0.05, 0) is 6.42 Å². The van der Waals surface area contributed by atoms with E-state index in [1.165, 1.54) is 0 Å². The third kappa shape index (κ3) is 4.15. The molecule has 0 aromatic heterocycles. The molecule has 5 nitrogen and oxygen atoms in total. The number of rotatable bonds is 5. The molecule has 0 aromatic rings. The van der Waals surface area contributed by atoms with Crippen molar-refractivity contribution in [1.82, 2.24) is 5.32 Å². The minimum atomic E-state index is -0.468. The van der Waals surface area contributed by atoms with Gasteiger partial charge >= 0.3 is 0 Å². The average Bonchev–Trinajstić information content (AvgIpc) is 2.29. The summed E-state index contributed by atoms with van der Waals surface area (Å²) in [4.78, 5) is 11.7. The maximum Gasteiger partial charge on any atom is 0.251 e. The standard InChI is InChI=1S/C10H20N2O3/c1-2-3-8(6-11)12-10(13)9-7-14-4-5-15-9/h8-9H,2-7,11H2,1H3,(H,12,13). The third-order valence-corrected chi connectivity index (χ3v) is 2.38. The van der Waals surface area contributed by atoms with Crippen LogP contribution in [-0.2, 0) is 14.3 Å². The zero-order valence-corrected chi connectivity index (χ0v) is 9.20. The van der Waals surface area contributed by atoms with Crippen molar-refractivity contribution in [1.29, 1.82) is 0 Å². The van der Waals surface area contributed by atoms with Gasteiger partial charge in [-0.1, -0.05) is 13.3 Å². The van der Waals surface area contributed by atoms with Crippen molar-refractivity contribution in [2.24, 2.45) is 5.73 Å². The van der Waals surface area contributed by atoms with Crippen LogP contribution in [0.25, 0.3) is 0 Å². The van der Waals surface area contributed by atoms with E-state index < -0.39 is 6.10 Å². The van der Waals surface area contributed by atoms with Gasteiger partial charge < -0.3 is 20.5 Å². The van der Waals surface area contributed by atoms with E-state index in [1.807, 2.05) is 0 Å². The topological polar surface area (TPSA) is 73.6 Å². The predicted octanol–water partition coefficient (Wildman–Crippen LogP) is -0.355. The van der Waals surface area contributed by atoms with Gasteiger partial charge in [0.05, 0.1) is 19.8 Å². The summed E-state index contributed by atoms with van der Waals surface area (Å²) >= 11 is 0. The fourth-order valence-electron chi connectivity index (χ4n) is 1.53. The fourth-order valence-corrected chi connectivity index (χ4v) is 1.53. The van der Waals surface area contributed by atoms with Gasteiger partial charge in [0.15, 0.2) is 6.10 Å². The molecule has 5 heteroatoms. The molecule has 0 saturated carbocycles. The van der Waals surface area contributed by atoms with Crippen LogP contribution in [-0.4, -0.2) is 44.4 Å². The van der Waals surface area contributed by atoms with E-state index in [-0.39, 0.29) is 11.9 Å². The lowest BCUT2D eigenvalue weighted by Crippen LogP contribution is -2.48. The molecule has 0 bridgehead atoms. The van der Waals surface area contributed by atoms with Gasteiger partial charge in [-0.25, -0.2) is 0 Å². The molecule has 1 aliphatic rings. The largest absolute Gasteiger partial charge is 0.376 e. The summed E-state index contributed by atoms with van der Waals surface area (Å²) < 4.78 is 10.4. The second-order valence-corrected chi connectivity index (χ2v) is 3.66. The quantitative estimate of drug-likeness (QED) is 0.658. The van der Waals surface area contributed by atoms with Crippen LogP contribution in [0.3, 0.4) is 0 Å². The van der Waals surface area contributed by atoms with Crippen LogP contribution >= 0.6 is 0 Å². The molecule has 15 heavy (non-hydrogen) atoms. The zero-order chi connectivity index (χ0) is 11.1. The van der Waals surface area contributed by atoms with Crippen LogP contribution in [0.4, 0.5) is 0 Å². The first kappa shape index (κ1) is 12.4. The Morgan fingerprint density at radius 1 is 1.60 bits per heavy atom. The Morgan fingerprint density at radius 2 is 2.40 bits per heavy atom. The van der Waals surface area contributed by atoms with Crippen molar-refractivity contribution in [3.8, 4) is 0 Å². The van der Waals surface area contributed by atoms with Gasteiger partial charge in [-0.3, -0.25) is 4.79 Å². The fraction of sp³-hybridized carbons (Fsp3) is 0.900. The van der Waals surface area contributed by atoms with Crippen LogP contribution in [0.5, 0.6) is 0 Å². The lowest BCUT2D eigenvalue weighted by molar-refractivity contribution is -0.148. The lowest BCUT2D eigenvalue weighted by Gasteiger charge is -2.24. The van der Waals surface area contributed by atoms with E-state index in [2.05, 4.69) is 12.2 Å². The highest BCUT2D eigenvalue weighted by molar-refractivity contribution is 5.81. The average molecular weight is 216 g/mol. The first-order valence-electron chi connectivity index (χ1n) is 5.47. The first-order chi connectivity index (χ1) is 7.27. The summed E-state index contributed by atoms with van der Waals surface area (Å²) in [5, 5.41) is 2.87. The van der Waals surface area contributed by atoms with Gasteiger partial charge in [-0.15, -0.1) is 0 Å². The molecule has 1 amide bonds. The smallest absolute Gasteiger partial charge is 0.251 e. The second kappa shape index (κ2) is 6.76. The van der Waals surface area contributed by atoms with Crippen LogP contribution in [0.2, 0.25) is 0 Å². The van der Waals surface area contributed by atoms with E-state index in [0.717, 1.165) is 12.8 Å². The summed E-state index contributed by atoms with van der Waals surface area (Å²) in [6, 6.07) is 0.0491. The zero-order valence-electron chi connectivity index (χ0n) is 9.20. The Bertz CT molecular complexity index is 193. The molecule has 3 N–H and O–H groups in total. The van der Waals surface area contributed by atoms with Crippen molar-refractivity contribution in [2.45, 2.75) is 31.9 Å². The molecular formula is C10H20N2O3. The second-order valence-electron chi connectivity index (χ2n) is 3.66.